The van der Waals surface area contributed by atoms with Crippen LogP contribution in [0, 0.1) is 12.3 Å². The van der Waals surface area contributed by atoms with Crippen molar-refractivity contribution in [3.8, 4) is 12.3 Å². The lowest BCUT2D eigenvalue weighted by molar-refractivity contribution is -0.179. The fraction of sp³-hybridized carbons (Fsp3) is 0.778. The zero-order valence-electron chi connectivity index (χ0n) is 7.68. The smallest absolute Gasteiger partial charge is 0.391 e. The van der Waals surface area contributed by atoms with E-state index in [1.54, 1.807) is 0 Å². The molecule has 5 heteroatoms. The summed E-state index contributed by atoms with van der Waals surface area (Å²) in [5, 5.41) is 9.11. The SMILES string of the molecule is C#CCCCC(O)COCC(F)(F)F. The lowest BCUT2D eigenvalue weighted by Gasteiger charge is -2.11. The van der Waals surface area contributed by atoms with Crippen molar-refractivity contribution in [1.29, 1.82) is 0 Å². The number of rotatable bonds is 6. The molecule has 0 radical (unpaired) electrons. The lowest BCUT2D eigenvalue weighted by Crippen LogP contribution is -2.22. The first-order chi connectivity index (χ1) is 6.45. The number of alkyl halides is 3. The molecule has 0 spiro atoms. The normalized spacial score (nSPS) is 13.6. The van der Waals surface area contributed by atoms with Crippen LogP contribution in [0.4, 0.5) is 13.2 Å². The van der Waals surface area contributed by atoms with E-state index >= 15 is 0 Å². The average Bonchev–Trinajstić information content (AvgIpc) is 2.02. The van der Waals surface area contributed by atoms with Gasteiger partial charge in [0.25, 0.3) is 0 Å². The number of halogens is 3. The quantitative estimate of drug-likeness (QED) is 0.534. The van der Waals surface area contributed by atoms with Crippen molar-refractivity contribution < 1.29 is 23.0 Å². The van der Waals surface area contributed by atoms with Crippen LogP contribution >= 0.6 is 0 Å². The van der Waals surface area contributed by atoms with Crippen LogP contribution in [0.3, 0.4) is 0 Å². The lowest BCUT2D eigenvalue weighted by atomic mass is 10.2. The summed E-state index contributed by atoms with van der Waals surface area (Å²) < 4.78 is 39.0. The van der Waals surface area contributed by atoms with Gasteiger partial charge < -0.3 is 9.84 Å². The summed E-state index contributed by atoms with van der Waals surface area (Å²) in [7, 11) is 0. The second-order valence-corrected chi connectivity index (χ2v) is 2.88. The maximum atomic E-state index is 11.6. The highest BCUT2D eigenvalue weighted by atomic mass is 19.4. The largest absolute Gasteiger partial charge is 0.411 e. The third-order valence-electron chi connectivity index (χ3n) is 1.43. The van der Waals surface area contributed by atoms with Gasteiger partial charge in [0, 0.05) is 6.42 Å². The summed E-state index contributed by atoms with van der Waals surface area (Å²) >= 11 is 0. The number of terminal acetylenes is 1. The summed E-state index contributed by atoms with van der Waals surface area (Å²) in [5.74, 6) is 2.37. The van der Waals surface area contributed by atoms with E-state index in [1.165, 1.54) is 0 Å². The number of aliphatic hydroxyl groups excluding tert-OH is 1. The predicted molar refractivity (Wildman–Crippen MR) is 45.6 cm³/mol. The number of aliphatic hydroxyl groups is 1. The molecule has 0 aliphatic carbocycles. The molecule has 1 atom stereocenters. The van der Waals surface area contributed by atoms with Gasteiger partial charge in [0.15, 0.2) is 0 Å². The molecule has 0 heterocycles. The minimum atomic E-state index is -4.33. The molecule has 0 saturated carbocycles. The molecule has 0 amide bonds. The van der Waals surface area contributed by atoms with Crippen LogP contribution in [0.2, 0.25) is 0 Å². The van der Waals surface area contributed by atoms with Crippen LogP contribution in [0.15, 0.2) is 0 Å². The van der Waals surface area contributed by atoms with Gasteiger partial charge in [-0.2, -0.15) is 13.2 Å². The minimum Gasteiger partial charge on any atom is -0.391 e. The molecule has 14 heavy (non-hydrogen) atoms. The fourth-order valence-corrected chi connectivity index (χ4v) is 0.834. The molecule has 0 fully saturated rings. The second kappa shape index (κ2) is 6.68. The highest BCUT2D eigenvalue weighted by Gasteiger charge is 2.27. The van der Waals surface area contributed by atoms with E-state index in [0.717, 1.165) is 0 Å². The summed E-state index contributed by atoms with van der Waals surface area (Å²) in [6, 6.07) is 0. The molecule has 0 aliphatic rings. The first-order valence-corrected chi connectivity index (χ1v) is 4.21. The molecule has 2 nitrogen and oxygen atoms in total. The highest BCUT2D eigenvalue weighted by molar-refractivity contribution is 4.83. The van der Waals surface area contributed by atoms with E-state index in [2.05, 4.69) is 10.7 Å². The average molecular weight is 210 g/mol. The number of unbranched alkanes of at least 4 members (excludes halogenated alkanes) is 1. The van der Waals surface area contributed by atoms with Crippen molar-refractivity contribution in [1.82, 2.24) is 0 Å². The fourth-order valence-electron chi connectivity index (χ4n) is 0.834. The topological polar surface area (TPSA) is 29.5 Å². The molecule has 0 aromatic heterocycles. The zero-order valence-corrected chi connectivity index (χ0v) is 7.68. The summed E-state index contributed by atoms with van der Waals surface area (Å²) in [6.45, 7) is -1.62. The first kappa shape index (κ1) is 13.3. The Bertz CT molecular complexity index is 183. The molecule has 0 rings (SSSR count). The standard InChI is InChI=1S/C9H13F3O2/c1-2-3-4-5-8(13)6-14-7-9(10,11)12/h1,8,13H,3-7H2. The number of hydrogen-bond acceptors (Lipinski definition) is 2. The zero-order chi connectivity index (χ0) is 11.0. The maximum absolute atomic E-state index is 11.6. The van der Waals surface area contributed by atoms with Gasteiger partial charge >= 0.3 is 6.18 Å². The number of ether oxygens (including phenoxy) is 1. The molecule has 82 valence electrons. The number of hydrogen-bond donors (Lipinski definition) is 1. The molecular formula is C9H13F3O2. The molecular weight excluding hydrogens is 197 g/mol. The van der Waals surface area contributed by atoms with Crippen molar-refractivity contribution in [2.45, 2.75) is 31.5 Å². The summed E-state index contributed by atoms with van der Waals surface area (Å²) in [5.41, 5.74) is 0. The van der Waals surface area contributed by atoms with Crippen LogP contribution in [0.5, 0.6) is 0 Å². The van der Waals surface area contributed by atoms with Gasteiger partial charge in [-0.15, -0.1) is 12.3 Å². The Hall–Kier alpha value is -0.730. The van der Waals surface area contributed by atoms with E-state index in [4.69, 9.17) is 11.5 Å². The Labute approximate surface area is 81.1 Å². The Balaban J connectivity index is 3.36. The van der Waals surface area contributed by atoms with Gasteiger partial charge in [-0.25, -0.2) is 0 Å². The van der Waals surface area contributed by atoms with Crippen molar-refractivity contribution >= 4 is 0 Å². The predicted octanol–water partition coefficient (Wildman–Crippen LogP) is 1.73. The molecule has 0 bridgehead atoms. The Morgan fingerprint density at radius 2 is 2.07 bits per heavy atom. The molecule has 0 aromatic carbocycles. The van der Waals surface area contributed by atoms with E-state index in [9.17, 15) is 13.2 Å². The minimum absolute atomic E-state index is 0.302. The van der Waals surface area contributed by atoms with E-state index in [-0.39, 0.29) is 6.61 Å². The van der Waals surface area contributed by atoms with Gasteiger partial charge in [0.1, 0.15) is 6.61 Å². The monoisotopic (exact) mass is 210 g/mol. The molecule has 0 aliphatic heterocycles. The van der Waals surface area contributed by atoms with Crippen LogP contribution < -0.4 is 0 Å². The first-order valence-electron chi connectivity index (χ1n) is 4.21. The highest BCUT2D eigenvalue weighted by Crippen LogP contribution is 2.14. The summed E-state index contributed by atoms with van der Waals surface area (Å²) in [6.07, 6.45) is 1.22. The third-order valence-corrected chi connectivity index (χ3v) is 1.43. The summed E-state index contributed by atoms with van der Waals surface area (Å²) in [4.78, 5) is 0. The van der Waals surface area contributed by atoms with Crippen LogP contribution in [-0.2, 0) is 4.74 Å². The Kier molecular flexibility index (Phi) is 6.34. The third kappa shape index (κ3) is 9.36. The molecule has 1 N–H and O–H groups in total. The van der Waals surface area contributed by atoms with Crippen LogP contribution in [0.25, 0.3) is 0 Å². The molecule has 1 unspecified atom stereocenters. The maximum Gasteiger partial charge on any atom is 0.411 e. The van der Waals surface area contributed by atoms with Crippen LogP contribution in [0.1, 0.15) is 19.3 Å². The van der Waals surface area contributed by atoms with Crippen LogP contribution in [-0.4, -0.2) is 30.6 Å². The van der Waals surface area contributed by atoms with E-state index < -0.39 is 18.9 Å². The van der Waals surface area contributed by atoms with Crippen molar-refractivity contribution in [3.63, 3.8) is 0 Å². The van der Waals surface area contributed by atoms with Crippen molar-refractivity contribution in [2.24, 2.45) is 0 Å². The Morgan fingerprint density at radius 3 is 2.57 bits per heavy atom. The second-order valence-electron chi connectivity index (χ2n) is 2.88. The van der Waals surface area contributed by atoms with Gasteiger partial charge in [0.05, 0.1) is 12.7 Å². The van der Waals surface area contributed by atoms with E-state index in [1.807, 2.05) is 0 Å². The van der Waals surface area contributed by atoms with Gasteiger partial charge in [-0.3, -0.25) is 0 Å². The van der Waals surface area contributed by atoms with Gasteiger partial charge in [-0.05, 0) is 12.8 Å². The Morgan fingerprint density at radius 1 is 1.43 bits per heavy atom. The van der Waals surface area contributed by atoms with Crippen molar-refractivity contribution in [3.05, 3.63) is 0 Å². The van der Waals surface area contributed by atoms with E-state index in [0.29, 0.717) is 19.3 Å². The molecule has 0 saturated heterocycles. The van der Waals surface area contributed by atoms with Gasteiger partial charge in [-0.1, -0.05) is 0 Å². The van der Waals surface area contributed by atoms with Crippen molar-refractivity contribution in [2.75, 3.05) is 13.2 Å². The van der Waals surface area contributed by atoms with Gasteiger partial charge in [0.2, 0.25) is 0 Å². The molecule has 0 aromatic rings.